The van der Waals surface area contributed by atoms with Gasteiger partial charge in [-0.3, -0.25) is 14.6 Å². The van der Waals surface area contributed by atoms with Gasteiger partial charge in [0.15, 0.2) is 11.5 Å². The van der Waals surface area contributed by atoms with E-state index in [1.165, 1.54) is 0 Å². The molecule has 28 heavy (non-hydrogen) atoms. The van der Waals surface area contributed by atoms with Gasteiger partial charge in [0.05, 0.1) is 17.5 Å². The molecule has 0 aromatic carbocycles. The molecule has 0 saturated heterocycles. The summed E-state index contributed by atoms with van der Waals surface area (Å²) < 4.78 is 6.18. The molecule has 5 unspecified atom stereocenters. The minimum absolute atomic E-state index is 0.0124. The summed E-state index contributed by atoms with van der Waals surface area (Å²) in [5.74, 6) is 0.0298. The van der Waals surface area contributed by atoms with Crippen LogP contribution in [0.4, 0.5) is 0 Å². The number of aromatic nitrogens is 1. The molecule has 0 bridgehead atoms. The number of rotatable bonds is 4. The molecule has 1 fully saturated rings. The number of carbonyl (C=O) groups excluding carboxylic acids is 2. The summed E-state index contributed by atoms with van der Waals surface area (Å²) >= 11 is 6.47. The van der Waals surface area contributed by atoms with Crippen LogP contribution in [0.2, 0.25) is 0 Å². The van der Waals surface area contributed by atoms with Crippen molar-refractivity contribution in [1.82, 2.24) is 14.8 Å². The number of fused-ring (bicyclic) bond motifs is 1. The van der Waals surface area contributed by atoms with Gasteiger partial charge in [0, 0.05) is 30.9 Å². The van der Waals surface area contributed by atoms with E-state index < -0.39 is 6.04 Å². The molecule has 1 amide bonds. The number of ketones is 1. The van der Waals surface area contributed by atoms with Crippen LogP contribution >= 0.6 is 11.6 Å². The van der Waals surface area contributed by atoms with E-state index >= 15 is 0 Å². The predicted molar refractivity (Wildman–Crippen MR) is 106 cm³/mol. The van der Waals surface area contributed by atoms with Crippen molar-refractivity contribution in [3.63, 3.8) is 0 Å². The Hall–Kier alpha value is -1.92. The molecule has 3 heterocycles. The number of pyridine rings is 1. The van der Waals surface area contributed by atoms with Crippen molar-refractivity contribution in [1.29, 1.82) is 0 Å². The fourth-order valence-electron chi connectivity index (χ4n) is 4.49. The number of alkyl halides is 1. The highest BCUT2D eigenvalue weighted by Crippen LogP contribution is 2.47. The van der Waals surface area contributed by atoms with Crippen molar-refractivity contribution < 1.29 is 14.3 Å². The monoisotopic (exact) mass is 403 g/mol. The average Bonchev–Trinajstić information content (AvgIpc) is 2.95. The Balaban J connectivity index is 1.73. The number of halogens is 1. The summed E-state index contributed by atoms with van der Waals surface area (Å²) in [5.41, 5.74) is 1.32. The van der Waals surface area contributed by atoms with Crippen LogP contribution < -0.4 is 0 Å². The summed E-state index contributed by atoms with van der Waals surface area (Å²) in [6.45, 7) is 3.29. The molecule has 1 aliphatic carbocycles. The number of hydrogen-bond acceptors (Lipinski definition) is 5. The lowest BCUT2D eigenvalue weighted by atomic mass is 9.74. The summed E-state index contributed by atoms with van der Waals surface area (Å²) in [7, 11) is 3.93. The molecule has 0 radical (unpaired) electrons. The van der Waals surface area contributed by atoms with E-state index in [1.807, 2.05) is 31.1 Å². The predicted octanol–water partition coefficient (Wildman–Crippen LogP) is 2.40. The lowest BCUT2D eigenvalue weighted by Gasteiger charge is -2.39. The molecule has 3 aliphatic rings. The van der Waals surface area contributed by atoms with Crippen molar-refractivity contribution in [2.24, 2.45) is 11.8 Å². The first-order valence-electron chi connectivity index (χ1n) is 9.83. The lowest BCUT2D eigenvalue weighted by Crippen LogP contribution is -2.44. The minimum atomic E-state index is -0.447. The zero-order valence-corrected chi connectivity index (χ0v) is 17.2. The third-order valence-corrected chi connectivity index (χ3v) is 6.70. The number of amides is 1. The second kappa shape index (κ2) is 7.48. The maximum Gasteiger partial charge on any atom is 0.290 e. The number of carbonyl (C=O) groups is 2. The first-order chi connectivity index (χ1) is 13.4. The van der Waals surface area contributed by atoms with Crippen LogP contribution in [0.25, 0.3) is 0 Å². The number of nitrogens with zero attached hydrogens (tertiary/aromatic N) is 3. The van der Waals surface area contributed by atoms with Gasteiger partial charge < -0.3 is 14.5 Å². The van der Waals surface area contributed by atoms with Crippen molar-refractivity contribution in [3.8, 4) is 0 Å². The highest BCUT2D eigenvalue weighted by Gasteiger charge is 2.53. The van der Waals surface area contributed by atoms with Crippen molar-refractivity contribution in [3.05, 3.63) is 41.4 Å². The van der Waals surface area contributed by atoms with Crippen LogP contribution in [0, 0.1) is 11.8 Å². The van der Waals surface area contributed by atoms with E-state index in [0.717, 1.165) is 5.56 Å². The van der Waals surface area contributed by atoms with Crippen LogP contribution in [-0.4, -0.2) is 65.1 Å². The van der Waals surface area contributed by atoms with Crippen LogP contribution in [0.5, 0.6) is 0 Å². The molecule has 2 aliphatic heterocycles. The molecule has 0 N–H and O–H groups in total. The third kappa shape index (κ3) is 3.22. The van der Waals surface area contributed by atoms with E-state index in [-0.39, 0.29) is 40.8 Å². The van der Waals surface area contributed by atoms with Crippen molar-refractivity contribution in [2.75, 3.05) is 27.2 Å². The van der Waals surface area contributed by atoms with E-state index in [4.69, 9.17) is 16.3 Å². The molecule has 1 aromatic rings. The number of Topliss-reactive ketones (excluding diaryl/α,β-unsaturated/α-hetero) is 1. The van der Waals surface area contributed by atoms with Crippen molar-refractivity contribution >= 4 is 23.3 Å². The van der Waals surface area contributed by atoms with Crippen molar-refractivity contribution in [2.45, 2.75) is 37.3 Å². The van der Waals surface area contributed by atoms with Gasteiger partial charge in [-0.2, -0.15) is 0 Å². The standard InChI is InChI=1S/C21H26ClN3O3/c1-12-9-16-14(10-15(12)22)19(26)17-18(13-5-4-6-23-11-13)25(8-7-24(2)3)21(27)20(17)28-16/h4-6,11-12,14-16,18H,7-10H2,1-3H3. The summed E-state index contributed by atoms with van der Waals surface area (Å²) in [6, 6.07) is 3.30. The van der Waals surface area contributed by atoms with E-state index in [9.17, 15) is 9.59 Å². The zero-order valence-electron chi connectivity index (χ0n) is 16.5. The molecule has 5 atom stereocenters. The molecule has 7 heteroatoms. The Morgan fingerprint density at radius 2 is 2.11 bits per heavy atom. The Kier molecular flexibility index (Phi) is 5.19. The van der Waals surface area contributed by atoms with Gasteiger partial charge in [-0.1, -0.05) is 13.0 Å². The van der Waals surface area contributed by atoms with Gasteiger partial charge in [0.2, 0.25) is 0 Å². The maximum absolute atomic E-state index is 13.5. The average molecular weight is 404 g/mol. The summed E-state index contributed by atoms with van der Waals surface area (Å²) in [5, 5.41) is -0.0465. The number of likely N-dealkylation sites (N-methyl/N-ethyl adjacent to an activating group) is 1. The van der Waals surface area contributed by atoms with Gasteiger partial charge >= 0.3 is 0 Å². The first-order valence-corrected chi connectivity index (χ1v) is 10.3. The third-order valence-electron chi connectivity index (χ3n) is 6.09. The smallest absolute Gasteiger partial charge is 0.290 e. The van der Waals surface area contributed by atoms with Crippen LogP contribution in [0.1, 0.15) is 31.4 Å². The van der Waals surface area contributed by atoms with E-state index in [1.54, 1.807) is 17.3 Å². The Bertz CT molecular complexity index is 810. The van der Waals surface area contributed by atoms with Crippen LogP contribution in [-0.2, 0) is 14.3 Å². The Morgan fingerprint density at radius 1 is 1.32 bits per heavy atom. The number of hydrogen-bond donors (Lipinski definition) is 0. The zero-order chi connectivity index (χ0) is 20.0. The fraction of sp³-hybridized carbons (Fsp3) is 0.571. The molecule has 1 aromatic heterocycles. The topological polar surface area (TPSA) is 62.7 Å². The molecular weight excluding hydrogens is 378 g/mol. The Morgan fingerprint density at radius 3 is 2.79 bits per heavy atom. The highest BCUT2D eigenvalue weighted by atomic mass is 35.5. The first kappa shape index (κ1) is 19.4. The summed E-state index contributed by atoms with van der Waals surface area (Å²) in [4.78, 5) is 34.7. The second-order valence-electron chi connectivity index (χ2n) is 8.33. The van der Waals surface area contributed by atoms with Crippen LogP contribution in [0.15, 0.2) is 35.9 Å². The molecular formula is C21H26ClN3O3. The largest absolute Gasteiger partial charge is 0.483 e. The lowest BCUT2D eigenvalue weighted by molar-refractivity contribution is -0.136. The molecule has 0 spiro atoms. The van der Waals surface area contributed by atoms with E-state index in [0.29, 0.717) is 31.5 Å². The van der Waals surface area contributed by atoms with Gasteiger partial charge in [0.25, 0.3) is 5.91 Å². The van der Waals surface area contributed by atoms with Gasteiger partial charge in [-0.15, -0.1) is 11.6 Å². The molecule has 1 saturated carbocycles. The van der Waals surface area contributed by atoms with Gasteiger partial charge in [-0.05, 0) is 44.5 Å². The Labute approximate surface area is 170 Å². The quantitative estimate of drug-likeness (QED) is 0.722. The SMILES string of the molecule is CC1CC2OC3=C(C(=O)C2CC1Cl)C(c1cccnc1)N(CCN(C)C)C3=O. The van der Waals surface area contributed by atoms with Gasteiger partial charge in [0.1, 0.15) is 6.10 Å². The van der Waals surface area contributed by atoms with E-state index in [2.05, 4.69) is 11.9 Å². The van der Waals surface area contributed by atoms with Gasteiger partial charge in [-0.25, -0.2) is 0 Å². The highest BCUT2D eigenvalue weighted by molar-refractivity contribution is 6.21. The number of ether oxygens (including phenoxy) is 1. The van der Waals surface area contributed by atoms with Crippen LogP contribution in [0.3, 0.4) is 0 Å². The molecule has 150 valence electrons. The fourth-order valence-corrected chi connectivity index (χ4v) is 4.78. The minimum Gasteiger partial charge on any atom is -0.483 e. The molecule has 6 nitrogen and oxygen atoms in total. The maximum atomic E-state index is 13.5. The summed E-state index contributed by atoms with van der Waals surface area (Å²) in [6.07, 6.45) is 4.45. The normalized spacial score (nSPS) is 32.5. The second-order valence-corrected chi connectivity index (χ2v) is 8.89. The molecule has 4 rings (SSSR count).